The fourth-order valence-electron chi connectivity index (χ4n) is 2.73. The number of aliphatic hydroxyl groups is 1. The molecule has 172 valence electrons. The van der Waals surface area contributed by atoms with E-state index in [1.54, 1.807) is 0 Å². The Kier molecular flexibility index (Phi) is 18.4. The standard InChI is InChI=1S/C23H39NO5S/c1-2-3-4-5-6-7-8-9-10-11-12-13-16-21(30-18-19(24)23(28)29)20(25)15-14-17-22(26)27/h6-7,9-12,19-21,25H,2-5,8,13-18,24H2,1H3,(H,26,27)(H,28,29)/b7-6-,10-9+,12-11+/t19-,20-,21+/m0/s1. The van der Waals surface area contributed by atoms with Crippen LogP contribution in [0.15, 0.2) is 36.5 Å². The molecule has 0 unspecified atom stereocenters. The van der Waals surface area contributed by atoms with Crippen LogP contribution in [0.4, 0.5) is 0 Å². The molecule has 0 heterocycles. The lowest BCUT2D eigenvalue weighted by atomic mass is 10.1. The van der Waals surface area contributed by atoms with Crippen LogP contribution in [-0.4, -0.2) is 50.4 Å². The van der Waals surface area contributed by atoms with Crippen LogP contribution in [-0.2, 0) is 9.59 Å². The molecule has 0 spiro atoms. The van der Waals surface area contributed by atoms with Gasteiger partial charge < -0.3 is 21.1 Å². The SMILES string of the molecule is CCCCC/C=C\C/C=C/C=C/CC[C@@H](SC[C@H](N)C(=O)O)[C@@H](O)CCCC(=O)O. The normalized spacial score (nSPS) is 15.2. The molecule has 0 aromatic rings. The highest BCUT2D eigenvalue weighted by Gasteiger charge is 2.22. The highest BCUT2D eigenvalue weighted by Crippen LogP contribution is 2.24. The van der Waals surface area contributed by atoms with Crippen LogP contribution in [0.1, 0.15) is 71.1 Å². The third-order valence-electron chi connectivity index (χ3n) is 4.54. The average Bonchev–Trinajstić information content (AvgIpc) is 2.70. The first-order valence-corrected chi connectivity index (χ1v) is 11.9. The largest absolute Gasteiger partial charge is 0.481 e. The van der Waals surface area contributed by atoms with Gasteiger partial charge in [-0.05, 0) is 44.9 Å². The Morgan fingerprint density at radius 3 is 2.37 bits per heavy atom. The summed E-state index contributed by atoms with van der Waals surface area (Å²) in [6, 6.07) is -0.975. The Hall–Kier alpha value is -1.57. The van der Waals surface area contributed by atoms with Gasteiger partial charge in [0.2, 0.25) is 0 Å². The van der Waals surface area contributed by atoms with Crippen molar-refractivity contribution in [2.75, 3.05) is 5.75 Å². The first-order chi connectivity index (χ1) is 14.4. The fourth-order valence-corrected chi connectivity index (χ4v) is 3.99. The zero-order valence-corrected chi connectivity index (χ0v) is 18.9. The van der Waals surface area contributed by atoms with E-state index < -0.39 is 24.1 Å². The number of aliphatic carboxylic acids is 2. The second-order valence-electron chi connectivity index (χ2n) is 7.31. The van der Waals surface area contributed by atoms with Crippen LogP contribution in [0.25, 0.3) is 0 Å². The maximum Gasteiger partial charge on any atom is 0.321 e. The molecule has 0 amide bonds. The molecule has 0 aliphatic heterocycles. The summed E-state index contributed by atoms with van der Waals surface area (Å²) in [4.78, 5) is 21.6. The van der Waals surface area contributed by atoms with Gasteiger partial charge in [0.1, 0.15) is 6.04 Å². The molecule has 6 nitrogen and oxygen atoms in total. The van der Waals surface area contributed by atoms with Crippen LogP contribution in [0.3, 0.4) is 0 Å². The van der Waals surface area contributed by atoms with Crippen molar-refractivity contribution >= 4 is 23.7 Å². The topological polar surface area (TPSA) is 121 Å². The Morgan fingerprint density at radius 1 is 0.967 bits per heavy atom. The third-order valence-corrected chi connectivity index (χ3v) is 6.07. The lowest BCUT2D eigenvalue weighted by Crippen LogP contribution is -2.34. The molecule has 0 bridgehead atoms. The van der Waals surface area contributed by atoms with Gasteiger partial charge in [-0.2, -0.15) is 11.8 Å². The van der Waals surface area contributed by atoms with E-state index >= 15 is 0 Å². The van der Waals surface area contributed by atoms with Crippen LogP contribution < -0.4 is 5.73 Å². The summed E-state index contributed by atoms with van der Waals surface area (Å²) < 4.78 is 0. The first-order valence-electron chi connectivity index (χ1n) is 10.8. The molecule has 0 aliphatic rings. The maximum atomic E-state index is 10.9. The quantitative estimate of drug-likeness (QED) is 0.132. The average molecular weight is 442 g/mol. The van der Waals surface area contributed by atoms with Crippen LogP contribution in [0.5, 0.6) is 0 Å². The van der Waals surface area contributed by atoms with Crippen molar-refractivity contribution in [1.29, 1.82) is 0 Å². The number of nitrogens with two attached hydrogens (primary N) is 1. The number of hydrogen-bond acceptors (Lipinski definition) is 5. The molecule has 0 aromatic carbocycles. The van der Waals surface area contributed by atoms with Gasteiger partial charge in [0, 0.05) is 17.4 Å². The predicted molar refractivity (Wildman–Crippen MR) is 125 cm³/mol. The number of carbonyl (C=O) groups is 2. The van der Waals surface area contributed by atoms with E-state index in [9.17, 15) is 14.7 Å². The van der Waals surface area contributed by atoms with Crippen molar-refractivity contribution < 1.29 is 24.9 Å². The third kappa shape index (κ3) is 17.3. The molecule has 5 N–H and O–H groups in total. The Bertz CT molecular complexity index is 548. The number of unbranched alkanes of at least 4 members (excludes halogenated alkanes) is 3. The van der Waals surface area contributed by atoms with Gasteiger partial charge in [-0.3, -0.25) is 9.59 Å². The minimum Gasteiger partial charge on any atom is -0.481 e. The summed E-state index contributed by atoms with van der Waals surface area (Å²) >= 11 is 1.34. The molecule has 0 aliphatic carbocycles. The van der Waals surface area contributed by atoms with Crippen molar-refractivity contribution in [3.05, 3.63) is 36.5 Å². The number of carboxylic acids is 2. The molecule has 0 saturated carbocycles. The molecule has 0 saturated heterocycles. The van der Waals surface area contributed by atoms with Gasteiger partial charge in [-0.25, -0.2) is 0 Å². The van der Waals surface area contributed by atoms with E-state index in [1.807, 2.05) is 18.2 Å². The molecular weight excluding hydrogens is 402 g/mol. The molecule has 0 rings (SSSR count). The van der Waals surface area contributed by atoms with Gasteiger partial charge in [0.25, 0.3) is 0 Å². The van der Waals surface area contributed by atoms with Crippen LogP contribution >= 0.6 is 11.8 Å². The van der Waals surface area contributed by atoms with Crippen molar-refractivity contribution in [2.45, 2.75) is 88.5 Å². The second-order valence-corrected chi connectivity index (χ2v) is 8.58. The van der Waals surface area contributed by atoms with Crippen molar-refractivity contribution in [1.82, 2.24) is 0 Å². The van der Waals surface area contributed by atoms with E-state index in [-0.39, 0.29) is 17.4 Å². The summed E-state index contributed by atoms with van der Waals surface area (Å²) in [5.41, 5.74) is 5.56. The number of aliphatic hydroxyl groups excluding tert-OH is 1. The van der Waals surface area contributed by atoms with Crippen molar-refractivity contribution in [2.24, 2.45) is 5.73 Å². The first kappa shape index (κ1) is 28.4. The van der Waals surface area contributed by atoms with Crippen molar-refractivity contribution in [3.8, 4) is 0 Å². The highest BCUT2D eigenvalue weighted by atomic mass is 32.2. The van der Waals surface area contributed by atoms with Gasteiger partial charge in [-0.15, -0.1) is 0 Å². The molecule has 30 heavy (non-hydrogen) atoms. The van der Waals surface area contributed by atoms with Gasteiger partial charge in [0.05, 0.1) is 6.10 Å². The maximum absolute atomic E-state index is 10.9. The minimum atomic E-state index is -1.06. The lowest BCUT2D eigenvalue weighted by molar-refractivity contribution is -0.138. The Labute approximate surface area is 185 Å². The van der Waals surface area contributed by atoms with Crippen LogP contribution in [0, 0.1) is 0 Å². The minimum absolute atomic E-state index is 0.0147. The summed E-state index contributed by atoms with van der Waals surface area (Å²) in [7, 11) is 0. The summed E-state index contributed by atoms with van der Waals surface area (Å²) in [5, 5.41) is 27.9. The van der Waals surface area contributed by atoms with E-state index in [0.717, 1.165) is 19.3 Å². The molecule has 3 atom stereocenters. The number of hydrogen-bond donors (Lipinski definition) is 4. The lowest BCUT2D eigenvalue weighted by Gasteiger charge is -2.23. The monoisotopic (exact) mass is 441 g/mol. The van der Waals surface area contributed by atoms with E-state index in [2.05, 4.69) is 25.2 Å². The smallest absolute Gasteiger partial charge is 0.321 e. The molecule has 0 radical (unpaired) electrons. The Morgan fingerprint density at radius 2 is 1.70 bits per heavy atom. The van der Waals surface area contributed by atoms with Gasteiger partial charge in [0.15, 0.2) is 0 Å². The van der Waals surface area contributed by atoms with Crippen LogP contribution in [0.2, 0.25) is 0 Å². The number of thioether (sulfide) groups is 1. The second kappa shape index (κ2) is 19.4. The molecular formula is C23H39NO5S. The highest BCUT2D eigenvalue weighted by molar-refractivity contribution is 8.00. The van der Waals surface area contributed by atoms with E-state index in [0.29, 0.717) is 19.3 Å². The molecule has 0 fully saturated rings. The fraction of sp³-hybridized carbons (Fsp3) is 0.652. The zero-order valence-electron chi connectivity index (χ0n) is 18.1. The van der Waals surface area contributed by atoms with E-state index in [4.69, 9.17) is 15.9 Å². The predicted octanol–water partition coefficient (Wildman–Crippen LogP) is 4.54. The number of carboxylic acid groups (broad SMARTS) is 2. The number of allylic oxidation sites excluding steroid dienone is 6. The summed E-state index contributed by atoms with van der Waals surface area (Å²) in [6.07, 6.45) is 19.8. The summed E-state index contributed by atoms with van der Waals surface area (Å²) in [5.74, 6) is -1.74. The molecule has 0 aromatic heterocycles. The Balaban J connectivity index is 4.33. The van der Waals surface area contributed by atoms with Gasteiger partial charge in [-0.1, -0.05) is 56.2 Å². The van der Waals surface area contributed by atoms with Gasteiger partial charge >= 0.3 is 11.9 Å². The summed E-state index contributed by atoms with van der Waals surface area (Å²) in [6.45, 7) is 2.20. The van der Waals surface area contributed by atoms with Crippen molar-refractivity contribution in [3.63, 3.8) is 0 Å². The van der Waals surface area contributed by atoms with E-state index in [1.165, 1.54) is 31.0 Å². The zero-order chi connectivity index (χ0) is 22.6. The molecule has 7 heteroatoms. The number of rotatable bonds is 19.